The molecule has 10 heteroatoms. The maximum atomic E-state index is 13.6. The summed E-state index contributed by atoms with van der Waals surface area (Å²) >= 11 is 3.91. The molecule has 0 aliphatic rings. The Hall–Kier alpha value is -3.42. The minimum atomic E-state index is -2.17. The highest BCUT2D eigenvalue weighted by Crippen LogP contribution is 2.24. The molecule has 0 bridgehead atoms. The van der Waals surface area contributed by atoms with Gasteiger partial charge in [-0.05, 0) is 56.0 Å². The Kier molecular flexibility index (Phi) is 13.4. The first-order chi connectivity index (χ1) is 17.5. The summed E-state index contributed by atoms with van der Waals surface area (Å²) in [6, 6.07) is 9.63. The van der Waals surface area contributed by atoms with Crippen molar-refractivity contribution in [3.05, 3.63) is 112 Å². The van der Waals surface area contributed by atoms with Crippen LogP contribution < -0.4 is 10.5 Å². The largest absolute Gasteiger partial charge is 0.403 e. The fourth-order valence-corrected chi connectivity index (χ4v) is 2.97. The van der Waals surface area contributed by atoms with Crippen molar-refractivity contribution in [3.63, 3.8) is 0 Å². The van der Waals surface area contributed by atoms with E-state index in [0.29, 0.717) is 18.5 Å². The monoisotopic (exact) mass is 539 g/mol. The molecule has 0 spiro atoms. The van der Waals surface area contributed by atoms with E-state index in [1.54, 1.807) is 25.1 Å². The van der Waals surface area contributed by atoms with E-state index in [0.717, 1.165) is 11.1 Å². The molecule has 0 amide bonds. The lowest BCUT2D eigenvalue weighted by Gasteiger charge is -2.08. The number of nitrogens with zero attached hydrogens (tertiary/aromatic N) is 1. The highest BCUT2D eigenvalue weighted by atomic mass is 32.1. The maximum Gasteiger partial charge on any atom is 0.200 e. The molecule has 0 fully saturated rings. The van der Waals surface area contributed by atoms with Gasteiger partial charge >= 0.3 is 0 Å². The number of aryl methyl sites for hydroxylation is 1. The SMILES string of the molecule is C#CC.C=C(N)CCc1ccc(Cc2c(F)c(F)c(F)c(F)c2F)nc1.CC(NS)c1ccc(F)cc1. The quantitative estimate of drug-likeness (QED) is 0.103. The highest BCUT2D eigenvalue weighted by Gasteiger charge is 2.25. The molecule has 2 aromatic carbocycles. The van der Waals surface area contributed by atoms with Crippen LogP contribution >= 0.6 is 12.8 Å². The van der Waals surface area contributed by atoms with E-state index in [9.17, 15) is 26.3 Å². The van der Waals surface area contributed by atoms with Crippen LogP contribution in [0.4, 0.5) is 26.3 Å². The van der Waals surface area contributed by atoms with Crippen LogP contribution in [0.3, 0.4) is 0 Å². The minimum Gasteiger partial charge on any atom is -0.403 e. The Morgan fingerprint density at radius 1 is 1.00 bits per heavy atom. The first-order valence-electron chi connectivity index (χ1n) is 10.9. The Balaban J connectivity index is 0.000000406. The van der Waals surface area contributed by atoms with Crippen molar-refractivity contribution in [3.8, 4) is 12.3 Å². The first kappa shape index (κ1) is 31.6. The third-order valence-electron chi connectivity index (χ3n) is 4.84. The lowest BCUT2D eigenvalue weighted by atomic mass is 10.1. The number of aromatic nitrogens is 1. The zero-order valence-corrected chi connectivity index (χ0v) is 21.2. The van der Waals surface area contributed by atoms with Gasteiger partial charge in [-0.2, -0.15) is 0 Å². The Labute approximate surface area is 218 Å². The van der Waals surface area contributed by atoms with Gasteiger partial charge in [-0.15, -0.1) is 12.3 Å². The van der Waals surface area contributed by atoms with Crippen molar-refractivity contribution in [2.24, 2.45) is 5.73 Å². The van der Waals surface area contributed by atoms with E-state index in [1.165, 1.54) is 24.4 Å². The summed E-state index contributed by atoms with van der Waals surface area (Å²) in [5.41, 5.74) is 7.08. The van der Waals surface area contributed by atoms with Crippen LogP contribution in [0.25, 0.3) is 0 Å². The number of thiol groups is 1. The van der Waals surface area contributed by atoms with Crippen LogP contribution in [0.5, 0.6) is 0 Å². The van der Waals surface area contributed by atoms with Crippen LogP contribution in [-0.4, -0.2) is 4.98 Å². The molecule has 37 heavy (non-hydrogen) atoms. The Bertz CT molecular complexity index is 1180. The predicted molar refractivity (Wildman–Crippen MR) is 136 cm³/mol. The normalized spacial score (nSPS) is 10.8. The van der Waals surface area contributed by atoms with Crippen LogP contribution in [0.15, 0.2) is 54.9 Å². The molecule has 0 saturated carbocycles. The molecule has 1 aromatic heterocycles. The van der Waals surface area contributed by atoms with E-state index in [2.05, 4.69) is 41.4 Å². The molecule has 3 aromatic rings. The third-order valence-corrected chi connectivity index (χ3v) is 5.23. The fourth-order valence-electron chi connectivity index (χ4n) is 2.83. The Morgan fingerprint density at radius 3 is 1.95 bits per heavy atom. The zero-order valence-electron chi connectivity index (χ0n) is 20.3. The molecule has 0 saturated heterocycles. The van der Waals surface area contributed by atoms with Crippen molar-refractivity contribution in [2.45, 2.75) is 39.2 Å². The van der Waals surface area contributed by atoms with Crippen LogP contribution in [0, 0.1) is 47.2 Å². The zero-order chi connectivity index (χ0) is 28.1. The van der Waals surface area contributed by atoms with Gasteiger partial charge in [-0.1, -0.05) is 37.6 Å². The topological polar surface area (TPSA) is 50.9 Å². The number of pyridine rings is 1. The highest BCUT2D eigenvalue weighted by molar-refractivity contribution is 7.78. The van der Waals surface area contributed by atoms with E-state index < -0.39 is 41.1 Å². The number of hydrogen-bond donors (Lipinski definition) is 3. The van der Waals surface area contributed by atoms with E-state index in [1.807, 2.05) is 6.92 Å². The predicted octanol–water partition coefficient (Wildman–Crippen LogP) is 6.73. The van der Waals surface area contributed by atoms with Gasteiger partial charge < -0.3 is 5.73 Å². The molecular weight excluding hydrogens is 512 g/mol. The molecular formula is C27H27F6N3S. The summed E-state index contributed by atoms with van der Waals surface area (Å²) in [5.74, 6) is -7.73. The summed E-state index contributed by atoms with van der Waals surface area (Å²) in [4.78, 5) is 3.97. The molecule has 198 valence electrons. The molecule has 3 nitrogen and oxygen atoms in total. The fraction of sp³-hybridized carbons (Fsp3) is 0.222. The second-order valence-corrected chi connectivity index (χ2v) is 7.99. The van der Waals surface area contributed by atoms with Crippen LogP contribution in [0.2, 0.25) is 0 Å². The van der Waals surface area contributed by atoms with E-state index >= 15 is 0 Å². The number of hydrogen-bond acceptors (Lipinski definition) is 4. The second kappa shape index (κ2) is 15.6. The summed E-state index contributed by atoms with van der Waals surface area (Å²) in [6.07, 6.45) is 6.70. The maximum absolute atomic E-state index is 13.6. The van der Waals surface area contributed by atoms with Crippen LogP contribution in [0.1, 0.15) is 48.7 Å². The number of nitrogens with one attached hydrogen (secondary N) is 1. The number of rotatable bonds is 7. The molecule has 0 radical (unpaired) electrons. The molecule has 0 aliphatic carbocycles. The third kappa shape index (κ3) is 9.86. The number of benzene rings is 2. The van der Waals surface area contributed by atoms with Gasteiger partial charge in [0.1, 0.15) is 5.82 Å². The van der Waals surface area contributed by atoms with Crippen molar-refractivity contribution < 1.29 is 26.3 Å². The standard InChI is InChI=1S/C16H13F5N2.C8H10FNS.C3H4/c1-8(22)2-3-9-4-5-10(23-7-9)6-11-12(17)14(19)16(21)15(20)13(11)18;1-6(10-11)7-2-4-8(9)5-3-7;1-3-2/h4-5,7H,1-3,6,22H2;2-6,10-11H,1H3;1H,2H3. The number of halogens is 6. The Morgan fingerprint density at radius 2 is 1.51 bits per heavy atom. The van der Waals surface area contributed by atoms with Crippen molar-refractivity contribution in [2.75, 3.05) is 0 Å². The molecule has 1 heterocycles. The molecule has 1 atom stereocenters. The number of nitrogens with two attached hydrogens (primary N) is 1. The van der Waals surface area contributed by atoms with Gasteiger partial charge in [-0.25, -0.2) is 26.3 Å². The number of allylic oxidation sites excluding steroid dienone is 1. The lowest BCUT2D eigenvalue weighted by molar-refractivity contribution is 0.371. The van der Waals surface area contributed by atoms with Crippen molar-refractivity contribution in [1.82, 2.24) is 9.71 Å². The van der Waals surface area contributed by atoms with Gasteiger partial charge in [0.05, 0.1) is 0 Å². The van der Waals surface area contributed by atoms with Gasteiger partial charge in [-0.3, -0.25) is 9.71 Å². The summed E-state index contributed by atoms with van der Waals surface area (Å²) in [5, 5.41) is 0. The first-order valence-corrected chi connectivity index (χ1v) is 11.3. The van der Waals surface area contributed by atoms with Gasteiger partial charge in [0.2, 0.25) is 5.82 Å². The van der Waals surface area contributed by atoms with Crippen LogP contribution in [-0.2, 0) is 12.8 Å². The molecule has 0 aliphatic heterocycles. The van der Waals surface area contributed by atoms with E-state index in [4.69, 9.17) is 5.73 Å². The molecule has 3 N–H and O–H groups in total. The second-order valence-electron chi connectivity index (χ2n) is 7.73. The van der Waals surface area contributed by atoms with Gasteiger partial charge in [0.25, 0.3) is 0 Å². The smallest absolute Gasteiger partial charge is 0.200 e. The lowest BCUT2D eigenvalue weighted by Crippen LogP contribution is -2.08. The summed E-state index contributed by atoms with van der Waals surface area (Å²) in [7, 11) is 0. The van der Waals surface area contributed by atoms with Gasteiger partial charge in [0.15, 0.2) is 23.3 Å². The van der Waals surface area contributed by atoms with E-state index in [-0.39, 0.29) is 17.6 Å². The number of terminal acetylenes is 1. The summed E-state index contributed by atoms with van der Waals surface area (Å²) < 4.78 is 81.7. The minimum absolute atomic E-state index is 0.152. The average Bonchev–Trinajstić information content (AvgIpc) is 2.89. The van der Waals surface area contributed by atoms with Gasteiger partial charge in [0, 0.05) is 35.6 Å². The summed E-state index contributed by atoms with van der Waals surface area (Å²) in [6.45, 7) is 7.17. The molecule has 3 rings (SSSR count). The van der Waals surface area contributed by atoms with Crippen molar-refractivity contribution >= 4 is 12.8 Å². The van der Waals surface area contributed by atoms with Crippen molar-refractivity contribution in [1.29, 1.82) is 0 Å². The average molecular weight is 540 g/mol. The molecule has 1 unspecified atom stereocenters.